The Morgan fingerprint density at radius 3 is 2.89 bits per heavy atom. The van der Waals surface area contributed by atoms with Gasteiger partial charge in [-0.05, 0) is 24.5 Å². The van der Waals surface area contributed by atoms with Crippen LogP contribution in [0.3, 0.4) is 0 Å². The number of hydrogen-bond acceptors (Lipinski definition) is 3. The number of ether oxygens (including phenoxy) is 1. The zero-order chi connectivity index (χ0) is 13.0. The highest BCUT2D eigenvalue weighted by atomic mass is 79.9. The summed E-state index contributed by atoms with van der Waals surface area (Å²) in [4.78, 5) is 11.9. The summed E-state index contributed by atoms with van der Waals surface area (Å²) in [6.45, 7) is 0.988. The van der Waals surface area contributed by atoms with Crippen LogP contribution in [-0.4, -0.2) is 24.7 Å². The second-order valence-corrected chi connectivity index (χ2v) is 5.22. The van der Waals surface area contributed by atoms with Gasteiger partial charge in [0, 0.05) is 17.6 Å². The van der Waals surface area contributed by atoms with Crippen molar-refractivity contribution in [1.29, 1.82) is 0 Å². The first-order chi connectivity index (χ1) is 8.70. The number of benzene rings is 1. The molecule has 3 N–H and O–H groups in total. The van der Waals surface area contributed by atoms with Gasteiger partial charge < -0.3 is 15.8 Å². The molecule has 0 radical (unpaired) electrons. The van der Waals surface area contributed by atoms with E-state index in [0.717, 1.165) is 22.9 Å². The smallest absolute Gasteiger partial charge is 0.249 e. The highest BCUT2D eigenvalue weighted by Crippen LogP contribution is 2.19. The molecule has 2 unspecified atom stereocenters. The number of nitrogens with one attached hydrogen (secondary N) is 1. The summed E-state index contributed by atoms with van der Waals surface area (Å²) >= 11 is 3.45. The molecular weight excluding hydrogens is 296 g/mol. The van der Waals surface area contributed by atoms with Crippen LogP contribution in [-0.2, 0) is 16.1 Å². The molecule has 5 heteroatoms. The van der Waals surface area contributed by atoms with Crippen molar-refractivity contribution in [3.05, 3.63) is 34.3 Å². The van der Waals surface area contributed by atoms with Crippen molar-refractivity contribution < 1.29 is 9.53 Å². The molecule has 1 fully saturated rings. The Morgan fingerprint density at radius 1 is 1.44 bits per heavy atom. The molecule has 0 bridgehead atoms. The minimum absolute atomic E-state index is 0.0317. The van der Waals surface area contributed by atoms with Gasteiger partial charge in [0.15, 0.2) is 0 Å². The monoisotopic (exact) mass is 312 g/mol. The lowest BCUT2D eigenvalue weighted by atomic mass is 10.2. The van der Waals surface area contributed by atoms with Gasteiger partial charge in [0.25, 0.3) is 0 Å². The summed E-state index contributed by atoms with van der Waals surface area (Å²) in [5, 5.41) is 2.89. The van der Waals surface area contributed by atoms with Crippen molar-refractivity contribution in [2.45, 2.75) is 31.6 Å². The Morgan fingerprint density at radius 2 is 2.22 bits per heavy atom. The Bertz CT molecular complexity index is 425. The Balaban J connectivity index is 1.84. The lowest BCUT2D eigenvalue weighted by Crippen LogP contribution is -2.35. The van der Waals surface area contributed by atoms with Crippen molar-refractivity contribution in [3.63, 3.8) is 0 Å². The molecule has 1 aliphatic heterocycles. The molecule has 0 saturated carbocycles. The number of halogens is 1. The van der Waals surface area contributed by atoms with Gasteiger partial charge in [-0.3, -0.25) is 4.79 Å². The first-order valence-corrected chi connectivity index (χ1v) is 6.86. The van der Waals surface area contributed by atoms with Crippen molar-refractivity contribution in [3.8, 4) is 0 Å². The lowest BCUT2D eigenvalue weighted by Gasteiger charge is -2.13. The van der Waals surface area contributed by atoms with Crippen LogP contribution in [0.4, 0.5) is 0 Å². The van der Waals surface area contributed by atoms with Crippen LogP contribution in [0.15, 0.2) is 28.7 Å². The molecule has 1 amide bonds. The van der Waals surface area contributed by atoms with Gasteiger partial charge in [0.2, 0.25) is 5.91 Å². The SMILES string of the molecule is NCC1CCC(C(=O)NCc2ccccc2Br)O1. The van der Waals surface area contributed by atoms with E-state index >= 15 is 0 Å². The fraction of sp³-hybridized carbons (Fsp3) is 0.462. The third-order valence-corrected chi connectivity index (χ3v) is 3.85. The number of hydrogen-bond donors (Lipinski definition) is 2. The molecule has 4 nitrogen and oxygen atoms in total. The van der Waals surface area contributed by atoms with E-state index < -0.39 is 0 Å². The van der Waals surface area contributed by atoms with E-state index in [0.29, 0.717) is 13.1 Å². The zero-order valence-electron chi connectivity index (χ0n) is 10.1. The quantitative estimate of drug-likeness (QED) is 0.887. The van der Waals surface area contributed by atoms with Crippen molar-refractivity contribution in [2.75, 3.05) is 6.54 Å². The van der Waals surface area contributed by atoms with Crippen molar-refractivity contribution in [1.82, 2.24) is 5.32 Å². The topological polar surface area (TPSA) is 64.4 Å². The zero-order valence-corrected chi connectivity index (χ0v) is 11.7. The van der Waals surface area contributed by atoms with E-state index in [1.54, 1.807) is 0 Å². The van der Waals surface area contributed by atoms with E-state index in [2.05, 4.69) is 21.2 Å². The maximum Gasteiger partial charge on any atom is 0.249 e. The molecule has 0 spiro atoms. The van der Waals surface area contributed by atoms with Gasteiger partial charge in [-0.1, -0.05) is 34.1 Å². The maximum atomic E-state index is 11.9. The second kappa shape index (κ2) is 6.31. The number of carbonyl (C=O) groups excluding carboxylic acids is 1. The van der Waals surface area contributed by atoms with E-state index in [9.17, 15) is 4.79 Å². The van der Waals surface area contributed by atoms with Crippen LogP contribution in [0.1, 0.15) is 18.4 Å². The van der Waals surface area contributed by atoms with Crippen LogP contribution in [0.2, 0.25) is 0 Å². The fourth-order valence-electron chi connectivity index (χ4n) is 2.01. The van der Waals surface area contributed by atoms with E-state index in [1.807, 2.05) is 24.3 Å². The third-order valence-electron chi connectivity index (χ3n) is 3.07. The summed E-state index contributed by atoms with van der Waals surface area (Å²) in [6, 6.07) is 7.82. The minimum Gasteiger partial charge on any atom is -0.364 e. The Labute approximate surface area is 115 Å². The molecule has 2 atom stereocenters. The Hall–Kier alpha value is -0.910. The summed E-state index contributed by atoms with van der Waals surface area (Å²) < 4.78 is 6.54. The van der Waals surface area contributed by atoms with Gasteiger partial charge in [-0.15, -0.1) is 0 Å². The van der Waals surface area contributed by atoms with Crippen LogP contribution in [0, 0.1) is 0 Å². The van der Waals surface area contributed by atoms with Gasteiger partial charge >= 0.3 is 0 Å². The molecule has 18 heavy (non-hydrogen) atoms. The van der Waals surface area contributed by atoms with Gasteiger partial charge in [0.1, 0.15) is 6.10 Å². The van der Waals surface area contributed by atoms with Crippen LogP contribution in [0.5, 0.6) is 0 Å². The third kappa shape index (κ3) is 3.31. The highest BCUT2D eigenvalue weighted by Gasteiger charge is 2.29. The normalized spacial score (nSPS) is 23.0. The molecule has 1 aliphatic rings. The minimum atomic E-state index is -0.346. The predicted molar refractivity (Wildman–Crippen MR) is 72.9 cm³/mol. The summed E-state index contributed by atoms with van der Waals surface area (Å²) in [6.07, 6.45) is 1.30. The largest absolute Gasteiger partial charge is 0.364 e. The fourth-order valence-corrected chi connectivity index (χ4v) is 2.43. The summed E-state index contributed by atoms with van der Waals surface area (Å²) in [5.41, 5.74) is 6.57. The molecule has 0 aliphatic carbocycles. The molecule has 1 heterocycles. The number of amides is 1. The molecule has 98 valence electrons. The van der Waals surface area contributed by atoms with E-state index in [-0.39, 0.29) is 18.1 Å². The molecule has 0 aromatic heterocycles. The molecule has 1 aromatic carbocycles. The predicted octanol–water partition coefficient (Wildman–Crippen LogP) is 1.57. The summed E-state index contributed by atoms with van der Waals surface area (Å²) in [7, 11) is 0. The number of carbonyl (C=O) groups is 1. The van der Waals surface area contributed by atoms with Crippen molar-refractivity contribution in [2.24, 2.45) is 5.73 Å². The van der Waals surface area contributed by atoms with Gasteiger partial charge in [-0.2, -0.15) is 0 Å². The van der Waals surface area contributed by atoms with Crippen LogP contribution >= 0.6 is 15.9 Å². The van der Waals surface area contributed by atoms with Crippen molar-refractivity contribution >= 4 is 21.8 Å². The first-order valence-electron chi connectivity index (χ1n) is 6.07. The highest BCUT2D eigenvalue weighted by molar-refractivity contribution is 9.10. The van der Waals surface area contributed by atoms with E-state index in [4.69, 9.17) is 10.5 Å². The average molecular weight is 313 g/mol. The maximum absolute atomic E-state index is 11.9. The van der Waals surface area contributed by atoms with E-state index in [1.165, 1.54) is 0 Å². The molecule has 1 aromatic rings. The number of rotatable bonds is 4. The molecule has 1 saturated heterocycles. The lowest BCUT2D eigenvalue weighted by molar-refractivity contribution is -0.132. The standard InChI is InChI=1S/C13H17BrN2O2/c14-11-4-2-1-3-9(11)8-16-13(17)12-6-5-10(7-15)18-12/h1-4,10,12H,5-8,15H2,(H,16,17). The number of nitrogens with two attached hydrogens (primary N) is 1. The van der Waals surface area contributed by atoms with Crippen LogP contribution < -0.4 is 11.1 Å². The molecular formula is C13H17BrN2O2. The van der Waals surface area contributed by atoms with Gasteiger partial charge in [0.05, 0.1) is 6.10 Å². The average Bonchev–Trinajstić information content (AvgIpc) is 2.86. The molecule has 2 rings (SSSR count). The summed E-state index contributed by atoms with van der Waals surface area (Å²) in [5.74, 6) is -0.0540. The second-order valence-electron chi connectivity index (χ2n) is 4.37. The Kier molecular flexibility index (Phi) is 4.74. The first kappa shape index (κ1) is 13.5. The van der Waals surface area contributed by atoms with Crippen LogP contribution in [0.25, 0.3) is 0 Å². The van der Waals surface area contributed by atoms with Gasteiger partial charge in [-0.25, -0.2) is 0 Å².